The van der Waals surface area contributed by atoms with Crippen LogP contribution >= 0.6 is 10.8 Å². The summed E-state index contributed by atoms with van der Waals surface area (Å²) in [5.74, 6) is -0.240. The summed E-state index contributed by atoms with van der Waals surface area (Å²) in [7, 11) is -2.11. The van der Waals surface area contributed by atoms with E-state index < -0.39 is 9.15 Å². The van der Waals surface area contributed by atoms with Crippen LogP contribution in [0.3, 0.4) is 0 Å². The Kier molecular flexibility index (Phi) is 6.98. The summed E-state index contributed by atoms with van der Waals surface area (Å²) < 4.78 is 35.6. The van der Waals surface area contributed by atoms with E-state index >= 15 is 0 Å². The molecular weight excluding hydrogens is 328 g/mol. The first-order chi connectivity index (χ1) is 10.2. The van der Waals surface area contributed by atoms with Crippen LogP contribution in [-0.2, 0) is 18.7 Å². The number of rotatable bonds is 8. The fourth-order valence-electron chi connectivity index (χ4n) is 1.77. The van der Waals surface area contributed by atoms with Gasteiger partial charge in [-0.25, -0.2) is 0 Å². The first-order valence-corrected chi connectivity index (χ1v) is 9.43. The van der Waals surface area contributed by atoms with Gasteiger partial charge in [0, 0.05) is 42.2 Å². The number of nitrogens with zero attached hydrogens (tertiary/aromatic N) is 1. The average Bonchev–Trinajstić information content (AvgIpc) is 2.40. The number of ether oxygens (including phenoxy) is 1. The standard InChI is InChI=1S/C13H20N2O5S2/c1-3-20-13(16)5-4-8-15(2)10-6-7-11(14)12(9-10)21-22(17,18)19/h6-7,9H,3-5,8,14H2,1-2H3,(H,17,18,19). The van der Waals surface area contributed by atoms with Crippen LogP contribution in [0.4, 0.5) is 11.4 Å². The van der Waals surface area contributed by atoms with Crippen molar-refractivity contribution < 1.29 is 22.5 Å². The van der Waals surface area contributed by atoms with Crippen molar-refractivity contribution in [3.05, 3.63) is 18.2 Å². The molecule has 0 unspecified atom stereocenters. The fraction of sp³-hybridized carbons (Fsp3) is 0.462. The van der Waals surface area contributed by atoms with Gasteiger partial charge >= 0.3 is 15.1 Å². The lowest BCUT2D eigenvalue weighted by molar-refractivity contribution is -0.143. The molecule has 7 nitrogen and oxygen atoms in total. The van der Waals surface area contributed by atoms with Crippen LogP contribution in [0.15, 0.2) is 23.1 Å². The van der Waals surface area contributed by atoms with Crippen LogP contribution in [0.25, 0.3) is 0 Å². The Bertz CT molecular complexity index is 619. The van der Waals surface area contributed by atoms with Gasteiger partial charge in [-0.3, -0.25) is 9.35 Å². The van der Waals surface area contributed by atoms with Gasteiger partial charge in [0.25, 0.3) is 0 Å². The van der Waals surface area contributed by atoms with Crippen LogP contribution in [-0.4, -0.2) is 39.1 Å². The number of nitrogen functional groups attached to an aromatic ring is 1. The fourth-order valence-corrected chi connectivity index (χ4v) is 3.44. The van der Waals surface area contributed by atoms with Gasteiger partial charge in [-0.05, 0) is 31.5 Å². The number of carbonyl (C=O) groups excluding carboxylic acids is 1. The van der Waals surface area contributed by atoms with Crippen LogP contribution in [0, 0.1) is 0 Å². The normalized spacial score (nSPS) is 11.2. The van der Waals surface area contributed by atoms with E-state index in [-0.39, 0.29) is 16.6 Å². The number of hydrogen-bond donors (Lipinski definition) is 2. The zero-order valence-electron chi connectivity index (χ0n) is 12.5. The molecule has 124 valence electrons. The van der Waals surface area contributed by atoms with Crippen molar-refractivity contribution in [1.82, 2.24) is 0 Å². The second kappa shape index (κ2) is 8.25. The largest absolute Gasteiger partial charge is 0.466 e. The van der Waals surface area contributed by atoms with Crippen molar-refractivity contribution in [2.75, 3.05) is 30.8 Å². The Morgan fingerprint density at radius 3 is 2.73 bits per heavy atom. The summed E-state index contributed by atoms with van der Waals surface area (Å²) in [6.45, 7) is 2.72. The van der Waals surface area contributed by atoms with E-state index in [1.807, 2.05) is 11.9 Å². The minimum absolute atomic E-state index is 0.240. The van der Waals surface area contributed by atoms with Crippen LogP contribution in [0.2, 0.25) is 0 Å². The topological polar surface area (TPSA) is 110 Å². The molecule has 0 spiro atoms. The van der Waals surface area contributed by atoms with Crippen molar-refractivity contribution in [3.63, 3.8) is 0 Å². The van der Waals surface area contributed by atoms with Crippen molar-refractivity contribution in [3.8, 4) is 0 Å². The minimum atomic E-state index is -4.22. The summed E-state index contributed by atoms with van der Waals surface area (Å²) in [6.07, 6.45) is 0.931. The highest BCUT2D eigenvalue weighted by Gasteiger charge is 2.13. The van der Waals surface area contributed by atoms with Crippen LogP contribution in [0.1, 0.15) is 19.8 Å². The van der Waals surface area contributed by atoms with E-state index in [1.54, 1.807) is 25.1 Å². The summed E-state index contributed by atoms with van der Waals surface area (Å²) in [5, 5.41) is 0. The number of benzene rings is 1. The average molecular weight is 348 g/mol. The van der Waals surface area contributed by atoms with Gasteiger partial charge in [-0.2, -0.15) is 8.42 Å². The molecule has 1 aromatic rings. The summed E-state index contributed by atoms with van der Waals surface area (Å²) >= 11 is 0. The smallest absolute Gasteiger partial charge is 0.324 e. The predicted octanol–water partition coefficient (Wildman–Crippen LogP) is 1.94. The van der Waals surface area contributed by atoms with E-state index in [0.717, 1.165) is 5.69 Å². The first-order valence-electron chi connectivity index (χ1n) is 6.66. The van der Waals surface area contributed by atoms with Crippen LogP contribution in [0.5, 0.6) is 0 Å². The highest BCUT2D eigenvalue weighted by Crippen LogP contribution is 2.32. The van der Waals surface area contributed by atoms with E-state index in [9.17, 15) is 13.2 Å². The second-order valence-electron chi connectivity index (χ2n) is 4.56. The van der Waals surface area contributed by atoms with Gasteiger partial charge in [-0.15, -0.1) is 0 Å². The van der Waals surface area contributed by atoms with Crippen molar-refractivity contribution in [2.45, 2.75) is 24.7 Å². The Balaban J connectivity index is 2.68. The Morgan fingerprint density at radius 2 is 2.14 bits per heavy atom. The molecule has 0 aliphatic heterocycles. The molecule has 22 heavy (non-hydrogen) atoms. The van der Waals surface area contributed by atoms with Gasteiger partial charge in [0.1, 0.15) is 0 Å². The Hall–Kier alpha value is -1.45. The summed E-state index contributed by atoms with van der Waals surface area (Å²) in [4.78, 5) is 13.4. The van der Waals surface area contributed by atoms with Gasteiger partial charge in [0.2, 0.25) is 0 Å². The monoisotopic (exact) mass is 348 g/mol. The van der Waals surface area contributed by atoms with Crippen molar-refractivity contribution in [2.24, 2.45) is 0 Å². The third-order valence-corrected chi connectivity index (χ3v) is 4.73. The number of esters is 1. The van der Waals surface area contributed by atoms with Crippen molar-refractivity contribution in [1.29, 1.82) is 0 Å². The lowest BCUT2D eigenvalue weighted by Gasteiger charge is -2.20. The molecule has 1 aromatic carbocycles. The third-order valence-electron chi connectivity index (χ3n) is 2.81. The highest BCUT2D eigenvalue weighted by molar-refractivity contribution is 8.70. The second-order valence-corrected chi connectivity index (χ2v) is 7.79. The van der Waals surface area contributed by atoms with E-state index in [2.05, 4.69) is 0 Å². The summed E-state index contributed by atoms with van der Waals surface area (Å²) in [6, 6.07) is 4.90. The molecule has 0 fully saturated rings. The first kappa shape index (κ1) is 18.6. The highest BCUT2D eigenvalue weighted by atomic mass is 33.1. The lowest BCUT2D eigenvalue weighted by atomic mass is 10.2. The predicted molar refractivity (Wildman–Crippen MR) is 87.4 cm³/mol. The molecule has 1 rings (SSSR count). The Labute approximate surface area is 134 Å². The van der Waals surface area contributed by atoms with E-state index in [1.165, 1.54) is 0 Å². The van der Waals surface area contributed by atoms with Gasteiger partial charge in [0.05, 0.1) is 11.5 Å². The Morgan fingerprint density at radius 1 is 1.45 bits per heavy atom. The number of anilines is 2. The van der Waals surface area contributed by atoms with E-state index in [0.29, 0.717) is 36.8 Å². The zero-order chi connectivity index (χ0) is 16.8. The maximum Gasteiger partial charge on any atom is 0.324 e. The molecular formula is C13H20N2O5S2. The molecule has 0 aliphatic rings. The van der Waals surface area contributed by atoms with E-state index in [4.69, 9.17) is 15.0 Å². The molecule has 0 saturated heterocycles. The summed E-state index contributed by atoms with van der Waals surface area (Å²) in [5.41, 5.74) is 6.70. The molecule has 0 heterocycles. The number of carbonyl (C=O) groups is 1. The molecule has 0 saturated carbocycles. The quantitative estimate of drug-likeness (QED) is 0.317. The number of hydrogen-bond acceptors (Lipinski definition) is 7. The number of nitrogens with two attached hydrogens (primary N) is 1. The van der Waals surface area contributed by atoms with Gasteiger partial charge in [0.15, 0.2) is 0 Å². The molecule has 0 amide bonds. The maximum absolute atomic E-state index is 11.3. The zero-order valence-corrected chi connectivity index (χ0v) is 14.1. The van der Waals surface area contributed by atoms with Crippen LogP contribution < -0.4 is 10.6 Å². The molecule has 0 aliphatic carbocycles. The SMILES string of the molecule is CCOC(=O)CCCN(C)c1ccc(N)c(SS(=O)(=O)O)c1. The maximum atomic E-state index is 11.3. The van der Waals surface area contributed by atoms with Crippen molar-refractivity contribution >= 4 is 37.3 Å². The lowest BCUT2D eigenvalue weighted by Crippen LogP contribution is -2.19. The molecule has 0 bridgehead atoms. The molecule has 0 aromatic heterocycles. The minimum Gasteiger partial charge on any atom is -0.466 e. The third kappa shape index (κ3) is 6.54. The molecule has 0 atom stereocenters. The molecule has 3 N–H and O–H groups in total. The van der Waals surface area contributed by atoms with Gasteiger partial charge < -0.3 is 15.4 Å². The van der Waals surface area contributed by atoms with Gasteiger partial charge in [-0.1, -0.05) is 0 Å². The molecule has 0 radical (unpaired) electrons. The molecule has 9 heteroatoms.